The molecular formula is C15H14O4. The van der Waals surface area contributed by atoms with E-state index in [4.69, 9.17) is 9.52 Å². The van der Waals surface area contributed by atoms with Crippen LogP contribution in [0.3, 0.4) is 0 Å². The summed E-state index contributed by atoms with van der Waals surface area (Å²) in [5, 5.41) is 8.80. The van der Waals surface area contributed by atoms with E-state index in [1.807, 2.05) is 19.1 Å². The summed E-state index contributed by atoms with van der Waals surface area (Å²) in [6.07, 6.45) is 0.472. The molecule has 1 heterocycles. The van der Waals surface area contributed by atoms with Gasteiger partial charge in [-0.1, -0.05) is 12.1 Å². The predicted molar refractivity (Wildman–Crippen MR) is 69.7 cm³/mol. The van der Waals surface area contributed by atoms with Crippen LogP contribution in [0.1, 0.15) is 44.7 Å². The van der Waals surface area contributed by atoms with Crippen LogP contribution in [0, 0.1) is 6.92 Å². The van der Waals surface area contributed by atoms with Crippen LogP contribution in [-0.4, -0.2) is 16.9 Å². The monoisotopic (exact) mass is 258 g/mol. The van der Waals surface area contributed by atoms with Crippen LogP contribution in [0.2, 0.25) is 0 Å². The summed E-state index contributed by atoms with van der Waals surface area (Å²) >= 11 is 0. The molecule has 0 aliphatic rings. The Hall–Kier alpha value is -2.36. The van der Waals surface area contributed by atoms with Crippen molar-refractivity contribution in [3.8, 4) is 0 Å². The number of rotatable bonds is 4. The maximum atomic E-state index is 11.4. The first-order valence-corrected chi connectivity index (χ1v) is 5.90. The van der Waals surface area contributed by atoms with Crippen LogP contribution in [0.15, 0.2) is 34.7 Å². The number of benzene rings is 1. The second kappa shape index (κ2) is 5.10. The average molecular weight is 258 g/mol. The maximum absolute atomic E-state index is 11.4. The fraction of sp³-hybridized carbons (Fsp3) is 0.200. The molecule has 0 radical (unpaired) electrons. The number of carbonyl (C=O) groups excluding carboxylic acids is 1. The zero-order valence-electron chi connectivity index (χ0n) is 10.8. The molecule has 1 aromatic carbocycles. The number of aryl methyl sites for hydroxylation is 1. The van der Waals surface area contributed by atoms with Gasteiger partial charge >= 0.3 is 5.97 Å². The second-order valence-electron chi connectivity index (χ2n) is 4.45. The van der Waals surface area contributed by atoms with Crippen molar-refractivity contribution in [1.29, 1.82) is 0 Å². The van der Waals surface area contributed by atoms with E-state index in [0.29, 0.717) is 17.7 Å². The Morgan fingerprint density at radius 1 is 1.21 bits per heavy atom. The first-order valence-electron chi connectivity index (χ1n) is 5.90. The minimum absolute atomic E-state index is 0.00641. The quantitative estimate of drug-likeness (QED) is 0.856. The fourth-order valence-corrected chi connectivity index (χ4v) is 1.86. The van der Waals surface area contributed by atoms with Crippen LogP contribution in [0.25, 0.3) is 0 Å². The maximum Gasteiger partial charge on any atom is 0.371 e. The van der Waals surface area contributed by atoms with E-state index >= 15 is 0 Å². The molecule has 0 spiro atoms. The lowest BCUT2D eigenvalue weighted by molar-refractivity contribution is 0.0660. The highest BCUT2D eigenvalue weighted by Gasteiger charge is 2.11. The summed E-state index contributed by atoms with van der Waals surface area (Å²) in [5.74, 6) is -0.580. The minimum atomic E-state index is -1.08. The third-order valence-electron chi connectivity index (χ3n) is 2.99. The van der Waals surface area contributed by atoms with Crippen LogP contribution in [-0.2, 0) is 6.42 Å². The van der Waals surface area contributed by atoms with Crippen LogP contribution < -0.4 is 0 Å². The van der Waals surface area contributed by atoms with Crippen molar-refractivity contribution < 1.29 is 19.1 Å². The van der Waals surface area contributed by atoms with Gasteiger partial charge in [0.15, 0.2) is 5.78 Å². The summed E-state index contributed by atoms with van der Waals surface area (Å²) in [5.41, 5.74) is 2.64. The number of ketones is 1. The van der Waals surface area contributed by atoms with Gasteiger partial charge in [0.1, 0.15) is 5.76 Å². The Kier molecular flexibility index (Phi) is 3.51. The molecule has 1 N–H and O–H groups in total. The molecule has 2 aromatic rings. The normalized spacial score (nSPS) is 10.4. The molecule has 0 amide bonds. The van der Waals surface area contributed by atoms with Crippen molar-refractivity contribution in [3.05, 3.63) is 58.5 Å². The predicted octanol–water partition coefficient (Wildman–Crippen LogP) is 3.08. The summed E-state index contributed by atoms with van der Waals surface area (Å²) in [7, 11) is 0. The van der Waals surface area contributed by atoms with Gasteiger partial charge in [0.25, 0.3) is 0 Å². The summed E-state index contributed by atoms with van der Waals surface area (Å²) in [6.45, 7) is 3.46. The molecule has 0 atom stereocenters. The largest absolute Gasteiger partial charge is 0.475 e. The fourth-order valence-electron chi connectivity index (χ4n) is 1.86. The van der Waals surface area contributed by atoms with Gasteiger partial charge in [-0.2, -0.15) is 0 Å². The number of furan rings is 1. The Bertz CT molecular complexity index is 637. The van der Waals surface area contributed by atoms with Gasteiger partial charge in [0.05, 0.1) is 0 Å². The van der Waals surface area contributed by atoms with Gasteiger partial charge in [0, 0.05) is 12.0 Å². The van der Waals surface area contributed by atoms with Crippen molar-refractivity contribution in [3.63, 3.8) is 0 Å². The second-order valence-corrected chi connectivity index (χ2v) is 4.45. The smallest absolute Gasteiger partial charge is 0.371 e. The number of carboxylic acid groups (broad SMARTS) is 1. The van der Waals surface area contributed by atoms with Crippen LogP contribution >= 0.6 is 0 Å². The van der Waals surface area contributed by atoms with Gasteiger partial charge in [0.2, 0.25) is 5.76 Å². The molecule has 0 aliphatic carbocycles. The summed E-state index contributed by atoms with van der Waals surface area (Å²) < 4.78 is 5.22. The summed E-state index contributed by atoms with van der Waals surface area (Å²) in [6, 6.07) is 8.56. The number of carbonyl (C=O) groups is 2. The molecule has 0 bridgehead atoms. The number of Topliss-reactive ketones (excluding diaryl/α,β-unsaturated/α-hetero) is 1. The SMILES string of the molecule is CC(=O)c1ccc(C)c(Cc2ccc(C(=O)O)o2)c1. The molecule has 19 heavy (non-hydrogen) atoms. The van der Waals surface area contributed by atoms with E-state index < -0.39 is 5.97 Å². The van der Waals surface area contributed by atoms with E-state index in [9.17, 15) is 9.59 Å². The van der Waals surface area contributed by atoms with Gasteiger partial charge in [-0.25, -0.2) is 4.79 Å². The number of carboxylic acids is 1. The number of aromatic carboxylic acids is 1. The molecule has 98 valence electrons. The van der Waals surface area contributed by atoms with Gasteiger partial charge in [-0.3, -0.25) is 4.79 Å². The van der Waals surface area contributed by atoms with E-state index in [2.05, 4.69) is 0 Å². The average Bonchev–Trinajstić information content (AvgIpc) is 2.80. The lowest BCUT2D eigenvalue weighted by atomic mass is 10.00. The molecule has 2 rings (SSSR count). The number of hydrogen-bond donors (Lipinski definition) is 1. The third kappa shape index (κ3) is 2.91. The highest BCUT2D eigenvalue weighted by molar-refractivity contribution is 5.94. The Balaban J connectivity index is 2.29. The molecule has 0 aliphatic heterocycles. The lowest BCUT2D eigenvalue weighted by Gasteiger charge is -2.06. The third-order valence-corrected chi connectivity index (χ3v) is 2.99. The Morgan fingerprint density at radius 3 is 2.53 bits per heavy atom. The van der Waals surface area contributed by atoms with E-state index in [1.54, 1.807) is 12.1 Å². The lowest BCUT2D eigenvalue weighted by Crippen LogP contribution is -1.97. The number of hydrogen-bond acceptors (Lipinski definition) is 3. The standard InChI is InChI=1S/C15H14O4/c1-9-3-4-11(10(2)16)7-12(9)8-13-5-6-14(19-13)15(17)18/h3-7H,8H2,1-2H3,(H,17,18). The van der Waals surface area contributed by atoms with E-state index in [-0.39, 0.29) is 11.5 Å². The first kappa shape index (κ1) is 13.1. The molecule has 0 saturated heterocycles. The molecular weight excluding hydrogens is 244 g/mol. The van der Waals surface area contributed by atoms with Crippen molar-refractivity contribution in [2.45, 2.75) is 20.3 Å². The van der Waals surface area contributed by atoms with Crippen molar-refractivity contribution in [1.82, 2.24) is 0 Å². The minimum Gasteiger partial charge on any atom is -0.475 e. The van der Waals surface area contributed by atoms with Crippen LogP contribution in [0.4, 0.5) is 0 Å². The topological polar surface area (TPSA) is 67.5 Å². The Morgan fingerprint density at radius 2 is 1.95 bits per heavy atom. The molecule has 1 aromatic heterocycles. The first-order chi connectivity index (χ1) is 8.97. The van der Waals surface area contributed by atoms with Gasteiger partial charge in [-0.05, 0) is 43.2 Å². The molecule has 0 unspecified atom stereocenters. The zero-order chi connectivity index (χ0) is 14.0. The molecule has 4 heteroatoms. The molecule has 4 nitrogen and oxygen atoms in total. The van der Waals surface area contributed by atoms with Crippen LogP contribution in [0.5, 0.6) is 0 Å². The van der Waals surface area contributed by atoms with Crippen molar-refractivity contribution in [2.24, 2.45) is 0 Å². The van der Waals surface area contributed by atoms with E-state index in [0.717, 1.165) is 11.1 Å². The Labute approximate surface area is 110 Å². The van der Waals surface area contributed by atoms with Crippen molar-refractivity contribution >= 4 is 11.8 Å². The van der Waals surface area contributed by atoms with E-state index in [1.165, 1.54) is 13.0 Å². The molecule has 0 saturated carbocycles. The van der Waals surface area contributed by atoms with Gasteiger partial charge in [-0.15, -0.1) is 0 Å². The summed E-state index contributed by atoms with van der Waals surface area (Å²) in [4.78, 5) is 22.1. The highest BCUT2D eigenvalue weighted by atomic mass is 16.4. The molecule has 0 fully saturated rings. The van der Waals surface area contributed by atoms with Gasteiger partial charge < -0.3 is 9.52 Å². The highest BCUT2D eigenvalue weighted by Crippen LogP contribution is 2.18. The van der Waals surface area contributed by atoms with Crippen molar-refractivity contribution in [2.75, 3.05) is 0 Å². The zero-order valence-corrected chi connectivity index (χ0v) is 10.8.